The molecule has 0 unspecified atom stereocenters. The minimum absolute atomic E-state index is 0.707. The second-order valence-corrected chi connectivity index (χ2v) is 4.42. The summed E-state index contributed by atoms with van der Waals surface area (Å²) in [4.78, 5) is 8.44. The maximum atomic E-state index is 5.20. The highest BCUT2D eigenvalue weighted by molar-refractivity contribution is 5.54. The number of rotatable bonds is 3. The zero-order valence-electron chi connectivity index (χ0n) is 10.9. The van der Waals surface area contributed by atoms with Gasteiger partial charge in [-0.1, -0.05) is 5.16 Å². The van der Waals surface area contributed by atoms with Gasteiger partial charge in [-0.05, 0) is 26.0 Å². The molecule has 3 rings (SSSR count). The number of nitrogens with zero attached hydrogens (tertiary/aromatic N) is 4. The molecule has 0 spiro atoms. The van der Waals surface area contributed by atoms with Gasteiger partial charge < -0.3 is 9.09 Å². The van der Waals surface area contributed by atoms with Crippen LogP contribution in [0.4, 0.5) is 0 Å². The van der Waals surface area contributed by atoms with Gasteiger partial charge in [-0.2, -0.15) is 0 Å². The van der Waals surface area contributed by atoms with E-state index in [0.717, 1.165) is 28.4 Å². The summed E-state index contributed by atoms with van der Waals surface area (Å²) in [6, 6.07) is 3.90. The van der Waals surface area contributed by atoms with Gasteiger partial charge in [0.15, 0.2) is 0 Å². The van der Waals surface area contributed by atoms with Crippen molar-refractivity contribution in [3.63, 3.8) is 0 Å². The molecule has 0 bridgehead atoms. The highest BCUT2D eigenvalue weighted by atomic mass is 16.5. The Morgan fingerprint density at radius 1 is 1.16 bits per heavy atom. The van der Waals surface area contributed by atoms with Crippen molar-refractivity contribution in [3.8, 4) is 11.4 Å². The Morgan fingerprint density at radius 2 is 1.95 bits per heavy atom. The van der Waals surface area contributed by atoms with Gasteiger partial charge in [-0.3, -0.25) is 4.98 Å². The van der Waals surface area contributed by atoms with Crippen molar-refractivity contribution in [2.45, 2.75) is 20.4 Å². The maximum absolute atomic E-state index is 5.20. The standard InChI is InChI=1S/C14H14N4O/c1-10-13(11(2)19-17-10)9-18-8-7-16-14(18)12-3-5-15-6-4-12/h3-8H,9H2,1-2H3. The highest BCUT2D eigenvalue weighted by Crippen LogP contribution is 2.20. The third-order valence-electron chi connectivity index (χ3n) is 3.16. The second-order valence-electron chi connectivity index (χ2n) is 4.42. The molecule has 0 amide bonds. The lowest BCUT2D eigenvalue weighted by atomic mass is 10.2. The summed E-state index contributed by atoms with van der Waals surface area (Å²) in [5, 5.41) is 3.98. The quantitative estimate of drug-likeness (QED) is 0.721. The summed E-state index contributed by atoms with van der Waals surface area (Å²) in [5.74, 6) is 1.77. The predicted octanol–water partition coefficient (Wildman–Crippen LogP) is 2.60. The molecule has 0 aliphatic rings. The van der Waals surface area contributed by atoms with Gasteiger partial charge in [0, 0.05) is 35.9 Å². The van der Waals surface area contributed by atoms with Crippen molar-refractivity contribution in [1.29, 1.82) is 0 Å². The summed E-state index contributed by atoms with van der Waals surface area (Å²) >= 11 is 0. The Hall–Kier alpha value is -2.43. The number of aromatic nitrogens is 4. The first kappa shape index (κ1) is 11.6. The zero-order chi connectivity index (χ0) is 13.2. The van der Waals surface area contributed by atoms with E-state index in [1.54, 1.807) is 18.6 Å². The molecule has 3 aromatic rings. The predicted molar refractivity (Wildman–Crippen MR) is 70.5 cm³/mol. The second kappa shape index (κ2) is 4.68. The van der Waals surface area contributed by atoms with Crippen molar-refractivity contribution < 1.29 is 4.52 Å². The highest BCUT2D eigenvalue weighted by Gasteiger charge is 2.12. The van der Waals surface area contributed by atoms with Gasteiger partial charge in [0.05, 0.1) is 12.2 Å². The molecular formula is C14H14N4O. The van der Waals surface area contributed by atoms with Crippen LogP contribution in [0.15, 0.2) is 41.4 Å². The van der Waals surface area contributed by atoms with Crippen LogP contribution in [-0.4, -0.2) is 19.7 Å². The fourth-order valence-electron chi connectivity index (χ4n) is 2.10. The first-order chi connectivity index (χ1) is 9.25. The van der Waals surface area contributed by atoms with Crippen LogP contribution in [0.2, 0.25) is 0 Å². The van der Waals surface area contributed by atoms with Crippen molar-refractivity contribution in [2.75, 3.05) is 0 Å². The molecule has 5 nitrogen and oxygen atoms in total. The summed E-state index contributed by atoms with van der Waals surface area (Å²) < 4.78 is 7.28. The lowest BCUT2D eigenvalue weighted by Crippen LogP contribution is -2.02. The van der Waals surface area contributed by atoms with Gasteiger partial charge in [0.25, 0.3) is 0 Å². The molecule has 96 valence electrons. The molecule has 0 aliphatic carbocycles. The van der Waals surface area contributed by atoms with E-state index in [-0.39, 0.29) is 0 Å². The van der Waals surface area contributed by atoms with E-state index in [9.17, 15) is 0 Å². The van der Waals surface area contributed by atoms with Crippen LogP contribution in [0.5, 0.6) is 0 Å². The summed E-state index contributed by atoms with van der Waals surface area (Å²) in [6.45, 7) is 4.59. The van der Waals surface area contributed by atoms with Gasteiger partial charge in [0.1, 0.15) is 11.6 Å². The Morgan fingerprint density at radius 3 is 2.63 bits per heavy atom. The Balaban J connectivity index is 1.98. The first-order valence-corrected chi connectivity index (χ1v) is 6.09. The Labute approximate surface area is 110 Å². The average molecular weight is 254 g/mol. The Bertz CT molecular complexity index is 665. The molecule has 0 atom stereocenters. The van der Waals surface area contributed by atoms with Crippen molar-refractivity contribution in [1.82, 2.24) is 19.7 Å². The van der Waals surface area contributed by atoms with Crippen molar-refractivity contribution in [2.24, 2.45) is 0 Å². The molecule has 3 heterocycles. The van der Waals surface area contributed by atoms with Crippen LogP contribution in [0.25, 0.3) is 11.4 Å². The van der Waals surface area contributed by atoms with Crippen LogP contribution in [0.1, 0.15) is 17.0 Å². The largest absolute Gasteiger partial charge is 0.361 e. The number of aryl methyl sites for hydroxylation is 2. The van der Waals surface area contributed by atoms with Crippen LogP contribution in [0.3, 0.4) is 0 Å². The van der Waals surface area contributed by atoms with E-state index in [0.29, 0.717) is 6.54 Å². The van der Waals surface area contributed by atoms with E-state index >= 15 is 0 Å². The molecule has 0 fully saturated rings. The van der Waals surface area contributed by atoms with E-state index in [1.807, 2.05) is 32.2 Å². The SMILES string of the molecule is Cc1noc(C)c1Cn1ccnc1-c1ccncc1. The smallest absolute Gasteiger partial charge is 0.140 e. The number of pyridine rings is 1. The van der Waals surface area contributed by atoms with E-state index in [2.05, 4.69) is 19.7 Å². The zero-order valence-corrected chi connectivity index (χ0v) is 10.9. The lowest BCUT2D eigenvalue weighted by molar-refractivity contribution is 0.392. The van der Waals surface area contributed by atoms with Crippen LogP contribution in [-0.2, 0) is 6.54 Å². The minimum Gasteiger partial charge on any atom is -0.361 e. The van der Waals surface area contributed by atoms with E-state index < -0.39 is 0 Å². The lowest BCUT2D eigenvalue weighted by Gasteiger charge is -2.07. The third-order valence-corrected chi connectivity index (χ3v) is 3.16. The summed E-state index contributed by atoms with van der Waals surface area (Å²) in [6.07, 6.45) is 7.30. The molecule has 0 N–H and O–H groups in total. The monoisotopic (exact) mass is 254 g/mol. The first-order valence-electron chi connectivity index (χ1n) is 6.09. The van der Waals surface area contributed by atoms with E-state index in [4.69, 9.17) is 4.52 Å². The summed E-state index contributed by atoms with van der Waals surface area (Å²) in [5.41, 5.74) is 3.08. The van der Waals surface area contributed by atoms with Gasteiger partial charge >= 0.3 is 0 Å². The fraction of sp³-hybridized carbons (Fsp3) is 0.214. The van der Waals surface area contributed by atoms with Crippen LogP contribution in [0, 0.1) is 13.8 Å². The molecule has 5 heteroatoms. The molecule has 3 aromatic heterocycles. The van der Waals surface area contributed by atoms with Crippen LogP contribution < -0.4 is 0 Å². The molecule has 0 saturated carbocycles. The van der Waals surface area contributed by atoms with E-state index in [1.165, 1.54) is 0 Å². The molecule has 0 radical (unpaired) electrons. The molecule has 0 saturated heterocycles. The van der Waals surface area contributed by atoms with Gasteiger partial charge in [0.2, 0.25) is 0 Å². The van der Waals surface area contributed by atoms with Gasteiger partial charge in [-0.15, -0.1) is 0 Å². The summed E-state index contributed by atoms with van der Waals surface area (Å²) in [7, 11) is 0. The third kappa shape index (κ3) is 2.14. The van der Waals surface area contributed by atoms with Crippen LogP contribution >= 0.6 is 0 Å². The number of imidazole rings is 1. The average Bonchev–Trinajstić information content (AvgIpc) is 3.02. The normalized spacial score (nSPS) is 10.8. The molecule has 0 aliphatic heterocycles. The minimum atomic E-state index is 0.707. The molecule has 0 aromatic carbocycles. The van der Waals surface area contributed by atoms with Gasteiger partial charge in [-0.25, -0.2) is 4.98 Å². The molecule has 19 heavy (non-hydrogen) atoms. The topological polar surface area (TPSA) is 56.7 Å². The molecular weight excluding hydrogens is 240 g/mol. The number of hydrogen-bond donors (Lipinski definition) is 0. The van der Waals surface area contributed by atoms with Crippen molar-refractivity contribution >= 4 is 0 Å². The maximum Gasteiger partial charge on any atom is 0.140 e. The number of hydrogen-bond acceptors (Lipinski definition) is 4. The fourth-order valence-corrected chi connectivity index (χ4v) is 2.10. The Kier molecular flexibility index (Phi) is 2.87. The van der Waals surface area contributed by atoms with Crippen molar-refractivity contribution in [3.05, 3.63) is 53.9 Å².